The van der Waals surface area contributed by atoms with Crippen LogP contribution >= 0.6 is 0 Å². The van der Waals surface area contributed by atoms with Crippen LogP contribution < -0.4 is 10.6 Å². The van der Waals surface area contributed by atoms with Gasteiger partial charge in [0.2, 0.25) is 0 Å². The first-order valence-electron chi connectivity index (χ1n) is 8.09. The Labute approximate surface area is 136 Å². The van der Waals surface area contributed by atoms with E-state index in [2.05, 4.69) is 44.9 Å². The van der Waals surface area contributed by atoms with E-state index in [1.54, 1.807) is 10.9 Å². The van der Waals surface area contributed by atoms with Gasteiger partial charge < -0.3 is 10.6 Å². The molecule has 1 fully saturated rings. The number of aromatic nitrogens is 2. The number of carbonyl (C=O) groups excluding carboxylic acids is 1. The van der Waals surface area contributed by atoms with E-state index in [-0.39, 0.29) is 12.1 Å². The maximum absolute atomic E-state index is 12.1. The number of benzene rings is 1. The van der Waals surface area contributed by atoms with Crippen molar-refractivity contribution in [3.8, 4) is 0 Å². The van der Waals surface area contributed by atoms with Gasteiger partial charge in [-0.2, -0.15) is 5.10 Å². The molecule has 6 heteroatoms. The summed E-state index contributed by atoms with van der Waals surface area (Å²) in [5, 5.41) is 10.0. The van der Waals surface area contributed by atoms with Gasteiger partial charge in [0.25, 0.3) is 0 Å². The molecule has 0 aliphatic carbocycles. The fourth-order valence-electron chi connectivity index (χ4n) is 2.89. The largest absolute Gasteiger partial charge is 0.334 e. The number of likely N-dealkylation sites (tertiary alicyclic amines) is 1. The summed E-state index contributed by atoms with van der Waals surface area (Å²) in [5.74, 6) is 0. The zero-order valence-electron chi connectivity index (χ0n) is 13.4. The number of nitrogens with zero attached hydrogens (tertiary/aromatic N) is 3. The number of urea groups is 1. The van der Waals surface area contributed by atoms with Crippen LogP contribution in [0.15, 0.2) is 42.7 Å². The highest BCUT2D eigenvalue weighted by atomic mass is 16.2. The molecule has 2 amide bonds. The molecule has 1 saturated heterocycles. The minimum atomic E-state index is -0.160. The Morgan fingerprint density at radius 1 is 1.35 bits per heavy atom. The Morgan fingerprint density at radius 3 is 2.91 bits per heavy atom. The Kier molecular flexibility index (Phi) is 4.92. The Bertz CT molecular complexity index is 639. The molecule has 1 aliphatic rings. The first-order chi connectivity index (χ1) is 11.2. The van der Waals surface area contributed by atoms with Crippen LogP contribution in [0.4, 0.5) is 10.5 Å². The summed E-state index contributed by atoms with van der Waals surface area (Å²) in [4.78, 5) is 14.4. The number of hydrogen-bond donors (Lipinski definition) is 2. The van der Waals surface area contributed by atoms with E-state index in [0.717, 1.165) is 38.3 Å². The maximum atomic E-state index is 12.1. The molecular formula is C17H23N5O. The van der Waals surface area contributed by atoms with Gasteiger partial charge in [-0.1, -0.05) is 30.3 Å². The third-order valence-corrected chi connectivity index (χ3v) is 4.07. The first kappa shape index (κ1) is 15.6. The van der Waals surface area contributed by atoms with Gasteiger partial charge >= 0.3 is 6.03 Å². The standard InChI is InChI=1S/C17H23N5O/c1-2-22-13-16(10-18-22)20-17(23)19-15-8-9-21(12-15)11-14-6-4-3-5-7-14/h3-7,10,13,15H,2,8-9,11-12H2,1H3,(H2,19,20,23)/t15-/m0/s1. The highest BCUT2D eigenvalue weighted by molar-refractivity contribution is 5.89. The predicted octanol–water partition coefficient (Wildman–Crippen LogP) is 2.30. The van der Waals surface area contributed by atoms with Crippen molar-refractivity contribution in [2.75, 3.05) is 18.4 Å². The Hall–Kier alpha value is -2.34. The van der Waals surface area contributed by atoms with Gasteiger partial charge in [-0.3, -0.25) is 9.58 Å². The van der Waals surface area contributed by atoms with Crippen molar-refractivity contribution in [2.24, 2.45) is 0 Å². The maximum Gasteiger partial charge on any atom is 0.319 e. The average molecular weight is 313 g/mol. The molecule has 2 aromatic rings. The number of rotatable bonds is 5. The topological polar surface area (TPSA) is 62.2 Å². The zero-order valence-corrected chi connectivity index (χ0v) is 13.4. The summed E-state index contributed by atoms with van der Waals surface area (Å²) in [7, 11) is 0. The van der Waals surface area contributed by atoms with E-state index in [1.165, 1.54) is 5.56 Å². The normalized spacial score (nSPS) is 18.0. The quantitative estimate of drug-likeness (QED) is 0.890. The van der Waals surface area contributed by atoms with Gasteiger partial charge in [-0.15, -0.1) is 0 Å². The lowest BCUT2D eigenvalue weighted by molar-refractivity contribution is 0.247. The van der Waals surface area contributed by atoms with Crippen LogP contribution in [0.2, 0.25) is 0 Å². The molecule has 1 aliphatic heterocycles. The summed E-state index contributed by atoms with van der Waals surface area (Å²) in [6.07, 6.45) is 4.48. The van der Waals surface area contributed by atoms with Crippen molar-refractivity contribution < 1.29 is 4.79 Å². The van der Waals surface area contributed by atoms with E-state index in [4.69, 9.17) is 0 Å². The fraction of sp³-hybridized carbons (Fsp3) is 0.412. The monoisotopic (exact) mass is 313 g/mol. The average Bonchev–Trinajstić information content (AvgIpc) is 3.18. The molecule has 1 aromatic carbocycles. The van der Waals surface area contributed by atoms with Gasteiger partial charge in [-0.25, -0.2) is 4.79 Å². The third kappa shape index (κ3) is 4.32. The molecule has 0 spiro atoms. The van der Waals surface area contributed by atoms with Crippen LogP contribution in [-0.2, 0) is 13.1 Å². The summed E-state index contributed by atoms with van der Waals surface area (Å²) in [5.41, 5.74) is 2.04. The SMILES string of the molecule is CCn1cc(NC(=O)N[C@H]2CCN(Cc3ccccc3)C2)cn1. The highest BCUT2D eigenvalue weighted by Gasteiger charge is 2.23. The van der Waals surface area contributed by atoms with Gasteiger partial charge in [0, 0.05) is 38.4 Å². The second kappa shape index (κ2) is 7.28. The molecular weight excluding hydrogens is 290 g/mol. The van der Waals surface area contributed by atoms with Crippen LogP contribution in [0.25, 0.3) is 0 Å². The van der Waals surface area contributed by atoms with Crippen molar-refractivity contribution in [2.45, 2.75) is 32.5 Å². The highest BCUT2D eigenvalue weighted by Crippen LogP contribution is 2.13. The Balaban J connectivity index is 1.45. The second-order valence-corrected chi connectivity index (χ2v) is 5.89. The zero-order chi connectivity index (χ0) is 16.1. The van der Waals surface area contributed by atoms with Crippen molar-refractivity contribution in [3.05, 3.63) is 48.3 Å². The molecule has 0 saturated carbocycles. The van der Waals surface area contributed by atoms with E-state index >= 15 is 0 Å². The van der Waals surface area contributed by atoms with Gasteiger partial charge in [0.15, 0.2) is 0 Å². The summed E-state index contributed by atoms with van der Waals surface area (Å²) < 4.78 is 1.78. The van der Waals surface area contributed by atoms with Crippen LogP contribution in [0.1, 0.15) is 18.9 Å². The molecule has 3 rings (SSSR count). The number of nitrogens with one attached hydrogen (secondary N) is 2. The van der Waals surface area contributed by atoms with Crippen LogP contribution in [0, 0.1) is 0 Å². The van der Waals surface area contributed by atoms with Gasteiger partial charge in [0.1, 0.15) is 0 Å². The predicted molar refractivity (Wildman–Crippen MR) is 90.2 cm³/mol. The minimum absolute atomic E-state index is 0.160. The van der Waals surface area contributed by atoms with Crippen molar-refractivity contribution in [1.82, 2.24) is 20.0 Å². The second-order valence-electron chi connectivity index (χ2n) is 5.89. The summed E-state index contributed by atoms with van der Waals surface area (Å²) in [6, 6.07) is 10.5. The molecule has 1 atom stereocenters. The molecule has 2 heterocycles. The molecule has 0 unspecified atom stereocenters. The van der Waals surface area contributed by atoms with Crippen molar-refractivity contribution >= 4 is 11.7 Å². The molecule has 0 radical (unpaired) electrons. The fourth-order valence-corrected chi connectivity index (χ4v) is 2.89. The number of hydrogen-bond acceptors (Lipinski definition) is 3. The van der Waals surface area contributed by atoms with E-state index in [9.17, 15) is 4.79 Å². The first-order valence-corrected chi connectivity index (χ1v) is 8.09. The molecule has 0 bridgehead atoms. The molecule has 2 N–H and O–H groups in total. The lowest BCUT2D eigenvalue weighted by Crippen LogP contribution is -2.39. The minimum Gasteiger partial charge on any atom is -0.334 e. The lowest BCUT2D eigenvalue weighted by atomic mass is 10.2. The lowest BCUT2D eigenvalue weighted by Gasteiger charge is -2.16. The van der Waals surface area contributed by atoms with Crippen LogP contribution in [0.5, 0.6) is 0 Å². The molecule has 23 heavy (non-hydrogen) atoms. The van der Waals surface area contributed by atoms with E-state index in [1.807, 2.05) is 19.2 Å². The van der Waals surface area contributed by atoms with E-state index in [0.29, 0.717) is 0 Å². The van der Waals surface area contributed by atoms with E-state index < -0.39 is 0 Å². The summed E-state index contributed by atoms with van der Waals surface area (Å²) in [6.45, 7) is 5.63. The smallest absolute Gasteiger partial charge is 0.319 e. The Morgan fingerprint density at radius 2 is 2.17 bits per heavy atom. The number of anilines is 1. The number of aryl methyl sites for hydroxylation is 1. The number of carbonyl (C=O) groups is 1. The third-order valence-electron chi connectivity index (χ3n) is 4.07. The van der Waals surface area contributed by atoms with Gasteiger partial charge in [-0.05, 0) is 18.9 Å². The summed E-state index contributed by atoms with van der Waals surface area (Å²) >= 11 is 0. The number of amides is 2. The van der Waals surface area contributed by atoms with Gasteiger partial charge in [0.05, 0.1) is 11.9 Å². The molecule has 6 nitrogen and oxygen atoms in total. The van der Waals surface area contributed by atoms with Crippen molar-refractivity contribution in [3.63, 3.8) is 0 Å². The van der Waals surface area contributed by atoms with Crippen LogP contribution in [0.3, 0.4) is 0 Å². The van der Waals surface area contributed by atoms with Crippen LogP contribution in [-0.4, -0.2) is 39.8 Å². The van der Waals surface area contributed by atoms with Crippen molar-refractivity contribution in [1.29, 1.82) is 0 Å². The molecule has 1 aromatic heterocycles. The molecule has 122 valence electrons.